The molecule has 7 heteroatoms. The van der Waals surface area contributed by atoms with Crippen LogP contribution in [0.5, 0.6) is 0 Å². The first kappa shape index (κ1) is 13.3. The summed E-state index contributed by atoms with van der Waals surface area (Å²) in [7, 11) is -4.23. The minimum Gasteiger partial charge on any atom is -0.478 e. The summed E-state index contributed by atoms with van der Waals surface area (Å²) in [6.45, 7) is 1.34. The fourth-order valence-electron chi connectivity index (χ4n) is 0.749. The van der Waals surface area contributed by atoms with Gasteiger partial charge in [0.25, 0.3) is 0 Å². The number of carboxylic acid groups (broad SMARTS) is 1. The van der Waals surface area contributed by atoms with E-state index in [0.717, 1.165) is 0 Å². The number of hydrogen-bond donors (Lipinski definition) is 4. The molecule has 82 valence electrons. The highest BCUT2D eigenvalue weighted by Gasteiger charge is 2.18. The lowest BCUT2D eigenvalue weighted by Crippen LogP contribution is -2.12. The maximum Gasteiger partial charge on any atom is 0.330 e. The highest BCUT2D eigenvalue weighted by atomic mass is 31.2. The normalized spacial score (nSPS) is 15.3. The lowest BCUT2D eigenvalue weighted by Gasteiger charge is -2.08. The van der Waals surface area contributed by atoms with E-state index in [9.17, 15) is 9.36 Å². The van der Waals surface area contributed by atoms with Gasteiger partial charge in [0.2, 0.25) is 0 Å². The summed E-state index contributed by atoms with van der Waals surface area (Å²) in [5.74, 6) is -1.12. The van der Waals surface area contributed by atoms with Crippen LogP contribution in [0.25, 0.3) is 0 Å². The van der Waals surface area contributed by atoms with Crippen LogP contribution in [0.1, 0.15) is 13.3 Å². The molecule has 4 N–H and O–H groups in total. The first-order valence-electron chi connectivity index (χ1n) is 3.85. The summed E-state index contributed by atoms with van der Waals surface area (Å²) in [5.41, 5.74) is 0.0368. The number of aliphatic carboxylic acids is 1. The zero-order valence-electron chi connectivity index (χ0n) is 7.62. The molecule has 0 aliphatic heterocycles. The van der Waals surface area contributed by atoms with Crippen LogP contribution in [-0.4, -0.2) is 38.2 Å². The Morgan fingerprint density at radius 2 is 2.00 bits per heavy atom. The number of carboxylic acids is 1. The molecule has 0 radical (unpaired) electrons. The van der Waals surface area contributed by atoms with Gasteiger partial charge in [0, 0.05) is 5.57 Å². The van der Waals surface area contributed by atoms with Gasteiger partial charge in [-0.3, -0.25) is 4.57 Å². The van der Waals surface area contributed by atoms with E-state index < -0.39 is 25.8 Å². The Hall–Kier alpha value is -0.680. The zero-order valence-corrected chi connectivity index (χ0v) is 8.52. The van der Waals surface area contributed by atoms with E-state index in [-0.39, 0.29) is 12.0 Å². The van der Waals surface area contributed by atoms with Crippen LogP contribution in [0.15, 0.2) is 11.6 Å². The third kappa shape index (κ3) is 6.80. The molecule has 0 bridgehead atoms. The molecule has 0 saturated heterocycles. The molecule has 0 fully saturated rings. The minimum atomic E-state index is -4.23. The second-order valence-corrected chi connectivity index (χ2v) is 4.62. The van der Waals surface area contributed by atoms with E-state index in [0.29, 0.717) is 0 Å². The molecular weight excluding hydrogens is 211 g/mol. The van der Waals surface area contributed by atoms with E-state index in [1.165, 1.54) is 13.0 Å². The van der Waals surface area contributed by atoms with Gasteiger partial charge in [0.05, 0.1) is 12.3 Å². The molecule has 0 heterocycles. The van der Waals surface area contributed by atoms with Crippen molar-refractivity contribution in [3.63, 3.8) is 0 Å². The predicted octanol–water partition coefficient (Wildman–Crippen LogP) is -0.0540. The third-order valence-electron chi connectivity index (χ3n) is 1.48. The molecule has 1 atom stereocenters. The van der Waals surface area contributed by atoms with Gasteiger partial charge in [0.15, 0.2) is 0 Å². The Labute approximate surface area is 81.0 Å². The lowest BCUT2D eigenvalue weighted by atomic mass is 10.2. The van der Waals surface area contributed by atoms with Crippen LogP contribution >= 0.6 is 7.60 Å². The topological polar surface area (TPSA) is 115 Å². The smallest absolute Gasteiger partial charge is 0.330 e. The van der Waals surface area contributed by atoms with E-state index in [1.807, 2.05) is 0 Å². The van der Waals surface area contributed by atoms with Gasteiger partial charge in [-0.05, 0) is 13.3 Å². The summed E-state index contributed by atoms with van der Waals surface area (Å²) in [6, 6.07) is 0. The summed E-state index contributed by atoms with van der Waals surface area (Å²) in [4.78, 5) is 27.2. The van der Waals surface area contributed by atoms with Crippen molar-refractivity contribution in [2.24, 2.45) is 0 Å². The van der Waals surface area contributed by atoms with Crippen LogP contribution in [-0.2, 0) is 9.36 Å². The Kier molecular flexibility index (Phi) is 5.01. The molecule has 6 nitrogen and oxygen atoms in total. The average molecular weight is 224 g/mol. The first-order valence-corrected chi connectivity index (χ1v) is 5.65. The third-order valence-corrected chi connectivity index (χ3v) is 2.38. The van der Waals surface area contributed by atoms with Crippen molar-refractivity contribution in [3.8, 4) is 0 Å². The number of aliphatic hydroxyl groups excluding tert-OH is 1. The maximum absolute atomic E-state index is 10.4. The molecule has 0 aromatic carbocycles. The van der Waals surface area contributed by atoms with Crippen molar-refractivity contribution in [2.45, 2.75) is 19.4 Å². The molecule has 0 rings (SSSR count). The Balaban J connectivity index is 4.09. The van der Waals surface area contributed by atoms with Gasteiger partial charge in [-0.2, -0.15) is 0 Å². The Bertz CT molecular complexity index is 278. The molecule has 1 unspecified atom stereocenters. The van der Waals surface area contributed by atoms with Crippen molar-refractivity contribution < 1.29 is 29.4 Å². The second kappa shape index (κ2) is 5.26. The Morgan fingerprint density at radius 3 is 2.36 bits per heavy atom. The van der Waals surface area contributed by atoms with Gasteiger partial charge in [-0.1, -0.05) is 6.08 Å². The van der Waals surface area contributed by atoms with E-state index in [1.54, 1.807) is 0 Å². The molecule has 14 heavy (non-hydrogen) atoms. The monoisotopic (exact) mass is 224 g/mol. The van der Waals surface area contributed by atoms with Crippen molar-refractivity contribution in [3.05, 3.63) is 11.6 Å². The first-order chi connectivity index (χ1) is 6.22. The highest BCUT2D eigenvalue weighted by Crippen LogP contribution is 2.35. The molecule has 0 amide bonds. The van der Waals surface area contributed by atoms with Crippen molar-refractivity contribution in [1.29, 1.82) is 0 Å². The summed E-state index contributed by atoms with van der Waals surface area (Å²) in [5, 5.41) is 17.5. The molecule has 0 aromatic heterocycles. The summed E-state index contributed by atoms with van der Waals surface area (Å²) < 4.78 is 10.4. The van der Waals surface area contributed by atoms with Gasteiger partial charge in [0.1, 0.15) is 0 Å². The predicted molar refractivity (Wildman–Crippen MR) is 48.9 cm³/mol. The second-order valence-electron chi connectivity index (χ2n) is 2.93. The number of aliphatic hydroxyl groups is 1. The van der Waals surface area contributed by atoms with Crippen molar-refractivity contribution >= 4 is 13.6 Å². The van der Waals surface area contributed by atoms with Crippen LogP contribution in [0.2, 0.25) is 0 Å². The Morgan fingerprint density at radius 1 is 1.50 bits per heavy atom. The highest BCUT2D eigenvalue weighted by molar-refractivity contribution is 7.51. The SMILES string of the molecule is C/C(=C\CC(O)CP(=O)(O)O)C(=O)O. The summed E-state index contributed by atoms with van der Waals surface area (Å²) in [6.07, 6.45) is -0.729. The fraction of sp³-hybridized carbons (Fsp3) is 0.571. The van der Waals surface area contributed by atoms with Gasteiger partial charge in [-0.15, -0.1) is 0 Å². The van der Waals surface area contributed by atoms with Gasteiger partial charge >= 0.3 is 13.6 Å². The van der Waals surface area contributed by atoms with E-state index in [4.69, 9.17) is 20.0 Å². The summed E-state index contributed by atoms with van der Waals surface area (Å²) >= 11 is 0. The number of rotatable bonds is 5. The molecule has 0 aliphatic carbocycles. The maximum atomic E-state index is 10.4. The van der Waals surface area contributed by atoms with Crippen molar-refractivity contribution in [1.82, 2.24) is 0 Å². The standard InChI is InChI=1S/C7H13O6P/c1-5(7(9)10)2-3-6(8)4-14(11,12)13/h2,6,8H,3-4H2,1H3,(H,9,10)(H2,11,12,13)/b5-2+. The minimum absolute atomic E-state index is 0.0368. The number of hydrogen-bond acceptors (Lipinski definition) is 3. The number of carbonyl (C=O) groups is 1. The van der Waals surface area contributed by atoms with E-state index >= 15 is 0 Å². The quantitative estimate of drug-likeness (QED) is 0.384. The molecule has 0 aromatic rings. The average Bonchev–Trinajstić information content (AvgIpc) is 1.96. The van der Waals surface area contributed by atoms with Crippen LogP contribution in [0, 0.1) is 0 Å². The zero-order chi connectivity index (χ0) is 11.4. The largest absolute Gasteiger partial charge is 0.478 e. The molecule has 0 saturated carbocycles. The van der Waals surface area contributed by atoms with Crippen molar-refractivity contribution in [2.75, 3.05) is 6.16 Å². The van der Waals surface area contributed by atoms with E-state index in [2.05, 4.69) is 0 Å². The van der Waals surface area contributed by atoms with Crippen LogP contribution in [0.4, 0.5) is 0 Å². The van der Waals surface area contributed by atoms with Crippen LogP contribution < -0.4 is 0 Å². The molecular formula is C7H13O6P. The molecule has 0 aliphatic rings. The van der Waals surface area contributed by atoms with Gasteiger partial charge in [-0.25, -0.2) is 4.79 Å². The fourth-order valence-corrected chi connectivity index (χ4v) is 1.45. The molecule has 0 spiro atoms. The van der Waals surface area contributed by atoms with Crippen LogP contribution in [0.3, 0.4) is 0 Å². The van der Waals surface area contributed by atoms with Gasteiger partial charge < -0.3 is 20.0 Å². The lowest BCUT2D eigenvalue weighted by molar-refractivity contribution is -0.132.